The summed E-state index contributed by atoms with van der Waals surface area (Å²) in [4.78, 5) is 4.50. The van der Waals surface area contributed by atoms with E-state index in [4.69, 9.17) is 0 Å². The van der Waals surface area contributed by atoms with Crippen molar-refractivity contribution in [2.75, 3.05) is 0 Å². The second-order valence-corrected chi connectivity index (χ2v) is 6.46. The molecule has 3 heteroatoms. The summed E-state index contributed by atoms with van der Waals surface area (Å²) in [5.41, 5.74) is 3.61. The molecule has 16 heavy (non-hydrogen) atoms. The Bertz CT molecular complexity index is 415. The maximum absolute atomic E-state index is 4.50. The lowest BCUT2D eigenvalue weighted by molar-refractivity contribution is 1.03. The number of allylic oxidation sites excluding steroid dienone is 3. The van der Waals surface area contributed by atoms with Gasteiger partial charge < -0.3 is 0 Å². The van der Waals surface area contributed by atoms with Crippen molar-refractivity contribution >= 4 is 39.6 Å². The highest BCUT2D eigenvalue weighted by Crippen LogP contribution is 2.18. The topological polar surface area (TPSA) is 12.4 Å². The molecule has 1 nitrogen and oxygen atoms in total. The second-order valence-electron chi connectivity index (χ2n) is 3.65. The Balaban J connectivity index is 2.49. The fourth-order valence-electron chi connectivity index (χ4n) is 1.37. The molecule has 0 N–H and O–H groups in total. The van der Waals surface area contributed by atoms with E-state index in [0.29, 0.717) is 0 Å². The monoisotopic (exact) mass is 345 g/mol. The zero-order chi connectivity index (χ0) is 12.0. The Labute approximate surface area is 115 Å². The predicted octanol–water partition coefficient (Wildman–Crippen LogP) is 4.84. The van der Waals surface area contributed by atoms with Gasteiger partial charge in [-0.05, 0) is 72.4 Å². The Morgan fingerprint density at radius 3 is 2.88 bits per heavy atom. The molecule has 1 aromatic rings. The number of rotatable bonds is 5. The fourth-order valence-corrected chi connectivity index (χ4v) is 2.82. The predicted molar refractivity (Wildman–Crippen MR) is 82.4 cm³/mol. The van der Waals surface area contributed by atoms with Crippen LogP contribution in [0, 0.1) is 2.88 Å². The molecule has 86 valence electrons. The minimum absolute atomic E-state index is 1.02. The van der Waals surface area contributed by atoms with Crippen LogP contribution in [-0.4, -0.2) is 5.71 Å². The molecule has 0 aliphatic rings. The largest absolute Gasteiger partial charge is 0.263 e. The molecule has 0 bridgehead atoms. The molecule has 0 saturated carbocycles. The molecule has 0 aromatic carbocycles. The van der Waals surface area contributed by atoms with Gasteiger partial charge in [0.15, 0.2) is 0 Å². The fraction of sp³-hybridized carbons (Fsp3) is 0.308. The number of hydrogen-bond donors (Lipinski definition) is 0. The molecule has 0 amide bonds. The summed E-state index contributed by atoms with van der Waals surface area (Å²) in [5, 5.41) is 2.22. The SMILES string of the molecule is C=C/C=C(C)\N=C(/C)CCc1csc(I)c1. The lowest BCUT2D eigenvalue weighted by atomic mass is 10.1. The van der Waals surface area contributed by atoms with Gasteiger partial charge in [0.2, 0.25) is 0 Å². The standard InChI is InChI=1S/C13H16INS/c1-4-5-10(2)15-11(3)6-7-12-8-13(14)16-9-12/h4-5,8-9H,1,6-7H2,2-3H3/b10-5-,15-11+. The highest BCUT2D eigenvalue weighted by atomic mass is 127. The molecule has 0 spiro atoms. The minimum atomic E-state index is 1.02. The molecule has 0 saturated heterocycles. The van der Waals surface area contributed by atoms with E-state index in [1.807, 2.05) is 13.0 Å². The zero-order valence-corrected chi connectivity index (χ0v) is 12.6. The van der Waals surface area contributed by atoms with Crippen LogP contribution in [0.15, 0.2) is 40.9 Å². The van der Waals surface area contributed by atoms with Crippen LogP contribution < -0.4 is 0 Å². The molecule has 1 heterocycles. The summed E-state index contributed by atoms with van der Waals surface area (Å²) in [6.07, 6.45) is 5.80. The molecule has 0 atom stereocenters. The number of aryl methyl sites for hydroxylation is 1. The van der Waals surface area contributed by atoms with Gasteiger partial charge in [0.05, 0.1) is 2.88 Å². The van der Waals surface area contributed by atoms with Crippen molar-refractivity contribution in [2.24, 2.45) is 4.99 Å². The molecule has 0 aliphatic heterocycles. The van der Waals surface area contributed by atoms with Crippen molar-refractivity contribution in [3.8, 4) is 0 Å². The summed E-state index contributed by atoms with van der Waals surface area (Å²) in [6.45, 7) is 7.74. The van der Waals surface area contributed by atoms with E-state index in [1.54, 1.807) is 17.4 Å². The van der Waals surface area contributed by atoms with Gasteiger partial charge in [-0.2, -0.15) is 0 Å². The molecule has 0 radical (unpaired) electrons. The molecule has 1 aromatic heterocycles. The molecular formula is C13H16INS. The van der Waals surface area contributed by atoms with Crippen molar-refractivity contribution < 1.29 is 0 Å². The first-order valence-electron chi connectivity index (χ1n) is 5.18. The van der Waals surface area contributed by atoms with Crippen LogP contribution >= 0.6 is 33.9 Å². The van der Waals surface area contributed by atoms with Crippen LogP contribution in [0.3, 0.4) is 0 Å². The number of hydrogen-bond acceptors (Lipinski definition) is 2. The van der Waals surface area contributed by atoms with Gasteiger partial charge in [0.25, 0.3) is 0 Å². The maximum atomic E-state index is 4.50. The first kappa shape index (κ1) is 13.6. The van der Waals surface area contributed by atoms with Crippen molar-refractivity contribution in [1.29, 1.82) is 0 Å². The summed E-state index contributed by atoms with van der Waals surface area (Å²) in [5.74, 6) is 0. The first-order chi connectivity index (χ1) is 7.61. The van der Waals surface area contributed by atoms with Gasteiger partial charge >= 0.3 is 0 Å². The summed E-state index contributed by atoms with van der Waals surface area (Å²) in [7, 11) is 0. The van der Waals surface area contributed by atoms with Crippen molar-refractivity contribution in [2.45, 2.75) is 26.7 Å². The Hall–Kier alpha value is -0.420. The number of halogens is 1. The third-order valence-electron chi connectivity index (χ3n) is 2.12. The van der Waals surface area contributed by atoms with E-state index in [9.17, 15) is 0 Å². The van der Waals surface area contributed by atoms with Gasteiger partial charge in [-0.25, -0.2) is 0 Å². The Morgan fingerprint density at radius 1 is 1.56 bits per heavy atom. The summed E-state index contributed by atoms with van der Waals surface area (Å²) in [6, 6.07) is 2.24. The normalized spacial score (nSPS) is 12.9. The molecule has 0 unspecified atom stereocenters. The minimum Gasteiger partial charge on any atom is -0.263 e. The number of nitrogens with zero attached hydrogens (tertiary/aromatic N) is 1. The van der Waals surface area contributed by atoms with E-state index in [2.05, 4.69) is 52.5 Å². The van der Waals surface area contributed by atoms with Crippen LogP contribution in [0.2, 0.25) is 0 Å². The average Bonchev–Trinajstić information content (AvgIpc) is 2.61. The van der Waals surface area contributed by atoms with E-state index in [0.717, 1.165) is 18.5 Å². The van der Waals surface area contributed by atoms with Crippen LogP contribution in [0.5, 0.6) is 0 Å². The lowest BCUT2D eigenvalue weighted by Crippen LogP contribution is -1.94. The average molecular weight is 345 g/mol. The van der Waals surface area contributed by atoms with E-state index in [1.165, 1.54) is 14.2 Å². The quantitative estimate of drug-likeness (QED) is 0.412. The zero-order valence-electron chi connectivity index (χ0n) is 9.66. The number of thiophene rings is 1. The first-order valence-corrected chi connectivity index (χ1v) is 7.14. The third-order valence-corrected chi connectivity index (χ3v) is 3.96. The van der Waals surface area contributed by atoms with Crippen LogP contribution in [0.4, 0.5) is 0 Å². The van der Waals surface area contributed by atoms with Gasteiger partial charge in [-0.1, -0.05) is 12.7 Å². The summed E-state index contributed by atoms with van der Waals surface area (Å²) < 4.78 is 1.35. The van der Waals surface area contributed by atoms with E-state index >= 15 is 0 Å². The highest BCUT2D eigenvalue weighted by molar-refractivity contribution is 14.1. The Kier molecular flexibility index (Phi) is 5.98. The van der Waals surface area contributed by atoms with Crippen molar-refractivity contribution in [1.82, 2.24) is 0 Å². The van der Waals surface area contributed by atoms with E-state index in [-0.39, 0.29) is 0 Å². The second kappa shape index (κ2) is 7.01. The van der Waals surface area contributed by atoms with Gasteiger partial charge in [-0.15, -0.1) is 11.3 Å². The van der Waals surface area contributed by atoms with E-state index < -0.39 is 0 Å². The smallest absolute Gasteiger partial charge is 0.0656 e. The van der Waals surface area contributed by atoms with Gasteiger partial charge in [0.1, 0.15) is 0 Å². The van der Waals surface area contributed by atoms with Crippen molar-refractivity contribution in [3.63, 3.8) is 0 Å². The summed E-state index contributed by atoms with van der Waals surface area (Å²) >= 11 is 4.16. The Morgan fingerprint density at radius 2 is 2.31 bits per heavy atom. The lowest BCUT2D eigenvalue weighted by Gasteiger charge is -1.99. The maximum Gasteiger partial charge on any atom is 0.0656 e. The molecule has 1 rings (SSSR count). The number of aliphatic imine (C=N–C) groups is 1. The van der Waals surface area contributed by atoms with Crippen molar-refractivity contribution in [3.05, 3.63) is 44.3 Å². The van der Waals surface area contributed by atoms with Crippen LogP contribution in [0.25, 0.3) is 0 Å². The molecule has 0 fully saturated rings. The van der Waals surface area contributed by atoms with Gasteiger partial charge in [-0.3, -0.25) is 4.99 Å². The molecule has 0 aliphatic carbocycles. The van der Waals surface area contributed by atoms with Crippen LogP contribution in [0.1, 0.15) is 25.8 Å². The highest BCUT2D eigenvalue weighted by Gasteiger charge is 1.98. The third kappa shape index (κ3) is 5.07. The van der Waals surface area contributed by atoms with Crippen LogP contribution in [-0.2, 0) is 6.42 Å². The molecular weight excluding hydrogens is 329 g/mol. The van der Waals surface area contributed by atoms with Gasteiger partial charge in [0, 0.05) is 11.4 Å².